The summed E-state index contributed by atoms with van der Waals surface area (Å²) in [6, 6.07) is 0. The van der Waals surface area contributed by atoms with Crippen molar-refractivity contribution in [3.63, 3.8) is 0 Å². The maximum absolute atomic E-state index is 10.9. The number of hydrogen-bond donors (Lipinski definition) is 1. The van der Waals surface area contributed by atoms with E-state index in [9.17, 15) is 4.79 Å². The number of amides is 1. The summed E-state index contributed by atoms with van der Waals surface area (Å²) in [6.07, 6.45) is -0.0417. The van der Waals surface area contributed by atoms with E-state index in [0.29, 0.717) is 25.5 Å². The third kappa shape index (κ3) is 9.62. The van der Waals surface area contributed by atoms with Gasteiger partial charge in [0.2, 0.25) is 5.90 Å². The molecule has 0 unspecified atom stereocenters. The van der Waals surface area contributed by atoms with E-state index in [2.05, 4.69) is 15.3 Å². The van der Waals surface area contributed by atoms with Crippen molar-refractivity contribution in [1.82, 2.24) is 5.32 Å². The molecular formula is C11H22N2O4. The van der Waals surface area contributed by atoms with Crippen LogP contribution in [0, 0.1) is 5.41 Å². The highest BCUT2D eigenvalue weighted by atomic mass is 16.7. The lowest BCUT2D eigenvalue weighted by Gasteiger charge is -2.18. The Hall–Kier alpha value is -1.30. The SMILES string of the molecule is CNC(=O)ON=C(CC(C)(C)C)OCCOC. The van der Waals surface area contributed by atoms with Crippen LogP contribution >= 0.6 is 0 Å². The number of ether oxygens (including phenoxy) is 2. The number of methoxy groups -OCH3 is 1. The standard InChI is InChI=1S/C11H22N2O4/c1-11(2,3)8-9(16-7-6-15-5)13-17-10(14)12-4/h6-8H2,1-5H3,(H,12,14). The molecule has 0 aliphatic heterocycles. The van der Waals surface area contributed by atoms with E-state index in [1.165, 1.54) is 7.05 Å². The molecule has 0 fully saturated rings. The van der Waals surface area contributed by atoms with Crippen LogP contribution in [-0.2, 0) is 14.3 Å². The van der Waals surface area contributed by atoms with Gasteiger partial charge in [0.25, 0.3) is 0 Å². The Labute approximate surface area is 102 Å². The normalized spacial score (nSPS) is 12.2. The molecule has 1 amide bonds. The quantitative estimate of drug-likeness (QED) is 0.264. The topological polar surface area (TPSA) is 69.2 Å². The van der Waals surface area contributed by atoms with Gasteiger partial charge in [-0.15, -0.1) is 0 Å². The maximum Gasteiger partial charge on any atom is 0.433 e. The Morgan fingerprint density at radius 3 is 2.41 bits per heavy atom. The molecule has 0 aromatic carbocycles. The fourth-order valence-electron chi connectivity index (χ4n) is 0.944. The number of hydrogen-bond acceptors (Lipinski definition) is 5. The molecule has 0 heterocycles. The lowest BCUT2D eigenvalue weighted by Crippen LogP contribution is -2.21. The molecule has 0 aromatic heterocycles. The van der Waals surface area contributed by atoms with Gasteiger partial charge in [-0.1, -0.05) is 20.8 Å². The molecular weight excluding hydrogens is 224 g/mol. The van der Waals surface area contributed by atoms with Crippen molar-refractivity contribution in [2.24, 2.45) is 10.6 Å². The second kappa shape index (κ2) is 7.89. The molecule has 0 atom stereocenters. The lowest BCUT2D eigenvalue weighted by molar-refractivity contribution is 0.122. The molecule has 0 saturated carbocycles. The number of carbonyl (C=O) groups excluding carboxylic acids is 1. The first kappa shape index (κ1) is 15.7. The van der Waals surface area contributed by atoms with E-state index in [1.54, 1.807) is 7.11 Å². The highest BCUT2D eigenvalue weighted by Crippen LogP contribution is 2.19. The molecule has 0 saturated heterocycles. The van der Waals surface area contributed by atoms with Gasteiger partial charge in [-0.25, -0.2) is 4.79 Å². The predicted molar refractivity (Wildman–Crippen MR) is 64.9 cm³/mol. The summed E-state index contributed by atoms with van der Waals surface area (Å²) in [7, 11) is 3.05. The molecule has 0 rings (SSSR count). The third-order valence-corrected chi connectivity index (χ3v) is 1.67. The smallest absolute Gasteiger partial charge is 0.433 e. The fourth-order valence-corrected chi connectivity index (χ4v) is 0.944. The Morgan fingerprint density at radius 2 is 1.94 bits per heavy atom. The second-order valence-corrected chi connectivity index (χ2v) is 4.69. The van der Waals surface area contributed by atoms with Crippen molar-refractivity contribution in [2.75, 3.05) is 27.4 Å². The molecule has 0 radical (unpaired) electrons. The van der Waals surface area contributed by atoms with Crippen molar-refractivity contribution in [1.29, 1.82) is 0 Å². The Kier molecular flexibility index (Phi) is 7.29. The summed E-state index contributed by atoms with van der Waals surface area (Å²) < 4.78 is 10.2. The van der Waals surface area contributed by atoms with Crippen LogP contribution in [0.4, 0.5) is 4.79 Å². The minimum Gasteiger partial charge on any atom is -0.476 e. The average molecular weight is 246 g/mol. The predicted octanol–water partition coefficient (Wildman–Crippen LogP) is 1.76. The summed E-state index contributed by atoms with van der Waals surface area (Å²) >= 11 is 0. The van der Waals surface area contributed by atoms with E-state index >= 15 is 0 Å². The molecule has 0 aliphatic rings. The number of nitrogens with one attached hydrogen (secondary N) is 1. The molecule has 0 aliphatic carbocycles. The molecule has 6 heteroatoms. The number of nitrogens with zero attached hydrogens (tertiary/aromatic N) is 1. The second-order valence-electron chi connectivity index (χ2n) is 4.69. The van der Waals surface area contributed by atoms with Gasteiger partial charge in [0.15, 0.2) is 0 Å². The van der Waals surface area contributed by atoms with Crippen LogP contribution in [-0.4, -0.2) is 39.4 Å². The monoisotopic (exact) mass is 246 g/mol. The van der Waals surface area contributed by atoms with Gasteiger partial charge in [0.05, 0.1) is 6.61 Å². The molecule has 1 N–H and O–H groups in total. The molecule has 0 spiro atoms. The van der Waals surface area contributed by atoms with Crippen LogP contribution in [0.2, 0.25) is 0 Å². The maximum atomic E-state index is 10.9. The summed E-state index contributed by atoms with van der Waals surface area (Å²) in [5.41, 5.74) is -0.00203. The van der Waals surface area contributed by atoms with Gasteiger partial charge in [-0.05, 0) is 10.6 Å². The van der Waals surface area contributed by atoms with Gasteiger partial charge in [0.1, 0.15) is 6.61 Å². The fraction of sp³-hybridized carbons (Fsp3) is 0.818. The zero-order valence-electron chi connectivity index (χ0n) is 11.2. The van der Waals surface area contributed by atoms with E-state index < -0.39 is 6.09 Å². The van der Waals surface area contributed by atoms with Crippen molar-refractivity contribution < 1.29 is 19.1 Å². The van der Waals surface area contributed by atoms with Gasteiger partial charge in [0, 0.05) is 20.6 Å². The van der Waals surface area contributed by atoms with Gasteiger partial charge in [-0.2, -0.15) is 0 Å². The van der Waals surface area contributed by atoms with Crippen LogP contribution in [0.5, 0.6) is 0 Å². The lowest BCUT2D eigenvalue weighted by atomic mass is 9.92. The largest absolute Gasteiger partial charge is 0.476 e. The van der Waals surface area contributed by atoms with Crippen LogP contribution in [0.15, 0.2) is 5.16 Å². The number of rotatable bonds is 5. The van der Waals surface area contributed by atoms with Crippen molar-refractivity contribution in [2.45, 2.75) is 27.2 Å². The first-order valence-electron chi connectivity index (χ1n) is 5.46. The van der Waals surface area contributed by atoms with Crippen LogP contribution in [0.3, 0.4) is 0 Å². The van der Waals surface area contributed by atoms with E-state index in [0.717, 1.165) is 0 Å². The van der Waals surface area contributed by atoms with E-state index in [4.69, 9.17) is 9.47 Å². The number of carbonyl (C=O) groups is 1. The first-order valence-corrected chi connectivity index (χ1v) is 5.46. The van der Waals surface area contributed by atoms with Crippen LogP contribution in [0.25, 0.3) is 0 Å². The van der Waals surface area contributed by atoms with Crippen molar-refractivity contribution >= 4 is 12.0 Å². The van der Waals surface area contributed by atoms with Gasteiger partial charge < -0.3 is 14.8 Å². The minimum absolute atomic E-state index is 0.00203. The van der Waals surface area contributed by atoms with Crippen molar-refractivity contribution in [3.8, 4) is 0 Å². The van der Waals surface area contributed by atoms with Gasteiger partial charge in [-0.3, -0.25) is 4.84 Å². The Morgan fingerprint density at radius 1 is 1.29 bits per heavy atom. The molecule has 100 valence electrons. The highest BCUT2D eigenvalue weighted by Gasteiger charge is 2.16. The Balaban J connectivity index is 4.33. The average Bonchev–Trinajstić information content (AvgIpc) is 2.23. The van der Waals surface area contributed by atoms with Crippen LogP contribution < -0.4 is 5.32 Å². The molecule has 0 aromatic rings. The van der Waals surface area contributed by atoms with Crippen LogP contribution in [0.1, 0.15) is 27.2 Å². The summed E-state index contributed by atoms with van der Waals surface area (Å²) in [6.45, 7) is 6.97. The summed E-state index contributed by atoms with van der Waals surface area (Å²) in [4.78, 5) is 15.5. The van der Waals surface area contributed by atoms with E-state index in [1.807, 2.05) is 20.8 Å². The summed E-state index contributed by atoms with van der Waals surface area (Å²) in [5, 5.41) is 5.98. The zero-order valence-corrected chi connectivity index (χ0v) is 11.2. The highest BCUT2D eigenvalue weighted by molar-refractivity contribution is 5.77. The zero-order chi connectivity index (χ0) is 13.3. The molecule has 0 bridgehead atoms. The minimum atomic E-state index is -0.619. The first-order chi connectivity index (χ1) is 7.89. The van der Waals surface area contributed by atoms with E-state index in [-0.39, 0.29) is 5.41 Å². The van der Waals surface area contributed by atoms with Crippen molar-refractivity contribution in [3.05, 3.63) is 0 Å². The molecule has 6 nitrogen and oxygen atoms in total. The van der Waals surface area contributed by atoms with Gasteiger partial charge >= 0.3 is 6.09 Å². The Bertz CT molecular complexity index is 259. The third-order valence-electron chi connectivity index (χ3n) is 1.67. The number of oxime groups is 1. The summed E-state index contributed by atoms with van der Waals surface area (Å²) in [5.74, 6) is 0.387. The molecule has 17 heavy (non-hydrogen) atoms.